The van der Waals surface area contributed by atoms with Crippen molar-refractivity contribution in [1.29, 1.82) is 0 Å². The predicted octanol–water partition coefficient (Wildman–Crippen LogP) is 0.515. The number of aliphatic carboxylic acids is 1. The van der Waals surface area contributed by atoms with E-state index in [0.29, 0.717) is 30.7 Å². The molecule has 6 atom stereocenters. The van der Waals surface area contributed by atoms with Gasteiger partial charge in [-0.25, -0.2) is 9.59 Å². The van der Waals surface area contributed by atoms with Gasteiger partial charge in [-0.05, 0) is 45.0 Å². The molecule has 0 amide bonds. The molecule has 1 saturated heterocycles. The Morgan fingerprint density at radius 3 is 2.55 bits per heavy atom. The van der Waals surface area contributed by atoms with E-state index in [1.54, 1.807) is 12.1 Å². The summed E-state index contributed by atoms with van der Waals surface area (Å²) >= 11 is 0. The lowest BCUT2D eigenvalue weighted by atomic mass is 9.50. The summed E-state index contributed by atoms with van der Waals surface area (Å²) in [5.74, 6) is -2.94. The van der Waals surface area contributed by atoms with Crippen molar-refractivity contribution < 1.29 is 67.0 Å². The van der Waals surface area contributed by atoms with E-state index in [-0.39, 0.29) is 24.8 Å². The number of likely N-dealkylation sites (tertiary alicyclic amines) is 1. The van der Waals surface area contributed by atoms with E-state index in [1.807, 2.05) is 13.1 Å². The highest BCUT2D eigenvalue weighted by atomic mass is 19.4. The first-order valence-electron chi connectivity index (χ1n) is 13.0. The average molecular weight is 602 g/mol. The minimum absolute atomic E-state index is 0.118. The number of aliphatic hydroxyl groups excluding tert-OH is 2. The highest BCUT2D eigenvalue weighted by Crippen LogP contribution is 2.64. The van der Waals surface area contributed by atoms with E-state index < -0.39 is 66.1 Å². The molecule has 15 heteroatoms. The van der Waals surface area contributed by atoms with Gasteiger partial charge in [0.1, 0.15) is 11.5 Å². The summed E-state index contributed by atoms with van der Waals surface area (Å²) in [5.41, 5.74) is 0.289. The van der Waals surface area contributed by atoms with Crippen LogP contribution in [0.3, 0.4) is 0 Å². The summed E-state index contributed by atoms with van der Waals surface area (Å²) in [5, 5.41) is 41.2. The van der Waals surface area contributed by atoms with Gasteiger partial charge >= 0.3 is 24.1 Å². The Bertz CT molecular complexity index is 1310. The molecule has 2 heterocycles. The summed E-state index contributed by atoms with van der Waals surface area (Å²) in [4.78, 5) is 46.3. The van der Waals surface area contributed by atoms with Crippen molar-refractivity contribution in [1.82, 2.24) is 4.90 Å². The van der Waals surface area contributed by atoms with Crippen LogP contribution < -0.4 is 4.74 Å². The van der Waals surface area contributed by atoms with Crippen molar-refractivity contribution in [2.24, 2.45) is 0 Å². The van der Waals surface area contributed by atoms with Gasteiger partial charge in [-0.1, -0.05) is 12.1 Å². The maximum absolute atomic E-state index is 12.7. The number of aldehydes is 1. The maximum atomic E-state index is 12.7. The molecule has 4 aliphatic rings. The topological polar surface area (TPSA) is 180 Å². The smallest absolute Gasteiger partial charge is 0.446 e. The largest absolute Gasteiger partial charge is 0.481 e. The summed E-state index contributed by atoms with van der Waals surface area (Å²) < 4.78 is 47.8. The Hall–Kier alpha value is -3.53. The molecule has 0 unspecified atom stereocenters. The number of carboxylic acid groups (broad SMARTS) is 1. The number of hydrogen-bond donors (Lipinski definition) is 4. The van der Waals surface area contributed by atoms with Crippen LogP contribution in [0.5, 0.6) is 5.75 Å². The highest BCUT2D eigenvalue weighted by molar-refractivity contribution is 5.84. The summed E-state index contributed by atoms with van der Waals surface area (Å²) in [6, 6.07) is 3.55. The molecular weight excluding hydrogens is 571 g/mol. The number of carbonyl (C=O) groups is 4. The van der Waals surface area contributed by atoms with Crippen LogP contribution >= 0.6 is 0 Å². The Morgan fingerprint density at radius 1 is 1.29 bits per heavy atom. The van der Waals surface area contributed by atoms with E-state index in [0.717, 1.165) is 18.1 Å². The van der Waals surface area contributed by atoms with Crippen molar-refractivity contribution in [2.45, 2.75) is 80.8 Å². The fourth-order valence-electron chi connectivity index (χ4n) is 6.35. The number of halogens is 3. The Kier molecular flexibility index (Phi) is 8.43. The third-order valence-electron chi connectivity index (χ3n) is 8.27. The number of rotatable bonds is 7. The number of ether oxygens (including phenoxy) is 3. The van der Waals surface area contributed by atoms with Crippen molar-refractivity contribution >= 4 is 24.2 Å². The molecule has 4 N–H and O–H groups in total. The summed E-state index contributed by atoms with van der Waals surface area (Å²) in [7, 11) is 1.97. The molecule has 0 radical (unpaired) electrons. The number of carboxylic acids is 1. The first-order chi connectivity index (χ1) is 19.6. The number of alkyl halides is 3. The van der Waals surface area contributed by atoms with Gasteiger partial charge in [0, 0.05) is 23.6 Å². The fraction of sp³-hybridized carbons (Fsp3) is 0.556. The molecule has 1 fully saturated rings. The lowest BCUT2D eigenvalue weighted by molar-refractivity contribution is -0.174. The molecule has 12 nitrogen and oxygen atoms in total. The predicted molar refractivity (Wildman–Crippen MR) is 133 cm³/mol. The van der Waals surface area contributed by atoms with E-state index >= 15 is 0 Å². The molecule has 0 aromatic heterocycles. The van der Waals surface area contributed by atoms with E-state index in [2.05, 4.69) is 9.64 Å². The number of aliphatic hydroxyl groups is 3. The third-order valence-corrected chi connectivity index (χ3v) is 8.27. The maximum Gasteiger partial charge on any atom is 0.446 e. The lowest BCUT2D eigenvalue weighted by Gasteiger charge is -2.61. The van der Waals surface area contributed by atoms with Crippen molar-refractivity contribution in [3.05, 3.63) is 40.7 Å². The molecule has 5 rings (SSSR count). The van der Waals surface area contributed by atoms with Gasteiger partial charge in [0.05, 0.1) is 24.0 Å². The van der Waals surface area contributed by atoms with Crippen molar-refractivity contribution in [2.75, 3.05) is 13.6 Å². The molecular formula is C27H30F3NO11. The van der Waals surface area contributed by atoms with Crippen LogP contribution in [0, 0.1) is 0 Å². The SMILES string of the molecule is C[C@H](OC(=O)C[C@H](O)C(=O)OC1=CC[C@@]2(O)[C@H]3Cc4ccc(CO)c5c4[C@@]2(CCN3C)[C@H]1O5)C(=O)O.O=CC(F)(F)F. The molecule has 230 valence electrons. The number of benzene rings is 1. The van der Waals surface area contributed by atoms with Crippen LogP contribution in [0.25, 0.3) is 0 Å². The third kappa shape index (κ3) is 5.25. The van der Waals surface area contributed by atoms with E-state index in [1.165, 1.54) is 0 Å². The second-order valence-corrected chi connectivity index (χ2v) is 10.7. The first-order valence-corrected chi connectivity index (χ1v) is 13.0. The quantitative estimate of drug-likeness (QED) is 0.252. The van der Waals surface area contributed by atoms with Crippen LogP contribution in [0.1, 0.15) is 42.9 Å². The Labute approximate surface area is 237 Å². The van der Waals surface area contributed by atoms with Gasteiger partial charge in [0.25, 0.3) is 0 Å². The number of esters is 2. The molecule has 2 bridgehead atoms. The lowest BCUT2D eigenvalue weighted by Crippen LogP contribution is -2.74. The second-order valence-electron chi connectivity index (χ2n) is 10.7. The van der Waals surface area contributed by atoms with Crippen molar-refractivity contribution in [3.8, 4) is 5.75 Å². The Morgan fingerprint density at radius 2 is 1.95 bits per heavy atom. The number of piperidine rings is 1. The molecule has 2 aliphatic carbocycles. The minimum Gasteiger partial charge on any atom is -0.481 e. The standard InChI is InChI=1S/C25H29NO10.C2HF3O/c1-12(22(30)31)34-18(29)10-15(28)23(32)35-16-5-6-25(33)17-9-13-3-4-14(11-27)20-19(13)24(25,21(16)36-20)7-8-26(17)2;3-2(4,5)1-6/h3-5,12,15,17,21,27-28,33H,6-11H2,1-2H3,(H,30,31);1H/t12-,15-,17+,21-,24-,25+;/m0./s1. The molecule has 0 saturated carbocycles. The molecule has 1 spiro atoms. The van der Waals surface area contributed by atoms with Crippen LogP contribution in [0.4, 0.5) is 13.2 Å². The number of hydrogen-bond acceptors (Lipinski definition) is 11. The molecule has 1 aromatic carbocycles. The zero-order valence-corrected chi connectivity index (χ0v) is 22.6. The van der Waals surface area contributed by atoms with Gasteiger partial charge in [-0.3, -0.25) is 9.59 Å². The minimum atomic E-state index is -4.64. The number of carbonyl (C=O) groups excluding carboxylic acids is 3. The molecule has 42 heavy (non-hydrogen) atoms. The van der Waals surface area contributed by atoms with Gasteiger partial charge in [0.2, 0.25) is 6.29 Å². The van der Waals surface area contributed by atoms with Gasteiger partial charge in [-0.2, -0.15) is 13.2 Å². The second kappa shape index (κ2) is 11.3. The van der Waals surface area contributed by atoms with E-state index in [4.69, 9.17) is 19.4 Å². The normalized spacial score (nSPS) is 28.5. The monoisotopic (exact) mass is 601 g/mol. The average Bonchev–Trinajstić information content (AvgIpc) is 3.27. The first kappa shape index (κ1) is 31.4. The molecule has 2 aliphatic heterocycles. The zero-order valence-electron chi connectivity index (χ0n) is 22.6. The zero-order chi connectivity index (χ0) is 31.2. The van der Waals surface area contributed by atoms with Gasteiger partial charge in [0.15, 0.2) is 18.3 Å². The molecule has 1 aromatic rings. The van der Waals surface area contributed by atoms with Gasteiger partial charge in [-0.15, -0.1) is 0 Å². The van der Waals surface area contributed by atoms with Crippen LogP contribution in [-0.2, 0) is 47.1 Å². The number of nitrogens with zero attached hydrogens (tertiary/aromatic N) is 1. The van der Waals surface area contributed by atoms with Crippen LogP contribution in [0.15, 0.2) is 24.0 Å². The highest BCUT2D eigenvalue weighted by Gasteiger charge is 2.71. The number of likely N-dealkylation sites (N-methyl/N-ethyl adjacent to an activating group) is 1. The fourth-order valence-corrected chi connectivity index (χ4v) is 6.35. The van der Waals surface area contributed by atoms with Crippen molar-refractivity contribution in [3.63, 3.8) is 0 Å². The van der Waals surface area contributed by atoms with Crippen LogP contribution in [0.2, 0.25) is 0 Å². The van der Waals surface area contributed by atoms with Crippen LogP contribution in [-0.4, -0.2) is 99.2 Å². The summed E-state index contributed by atoms with van der Waals surface area (Å²) in [6.45, 7) is 1.56. The Balaban J connectivity index is 0.000000612. The van der Waals surface area contributed by atoms with E-state index in [9.17, 15) is 42.9 Å². The van der Waals surface area contributed by atoms with Gasteiger partial charge < -0.3 is 39.5 Å². The summed E-state index contributed by atoms with van der Waals surface area (Å²) in [6.07, 6.45) is -7.78.